The fourth-order valence-electron chi connectivity index (χ4n) is 5.34. The van der Waals surface area contributed by atoms with Gasteiger partial charge in [-0.25, -0.2) is 17.2 Å². The third-order valence-electron chi connectivity index (χ3n) is 7.33. The maximum absolute atomic E-state index is 14.9. The van der Waals surface area contributed by atoms with E-state index in [1.54, 1.807) is 0 Å². The van der Waals surface area contributed by atoms with Gasteiger partial charge in [0.2, 0.25) is 5.91 Å². The van der Waals surface area contributed by atoms with Crippen LogP contribution in [0.4, 0.5) is 22.0 Å². The molecule has 1 heterocycles. The Morgan fingerprint density at radius 3 is 2.03 bits per heavy atom. The van der Waals surface area contributed by atoms with Crippen LogP contribution in [0.3, 0.4) is 0 Å². The zero-order valence-electron chi connectivity index (χ0n) is 18.5. The summed E-state index contributed by atoms with van der Waals surface area (Å²) < 4.78 is 96.6. The lowest BCUT2D eigenvalue weighted by atomic mass is 9.81. The lowest BCUT2D eigenvalue weighted by Gasteiger charge is -2.44. The van der Waals surface area contributed by atoms with Crippen LogP contribution in [0.5, 0.6) is 0 Å². The lowest BCUT2D eigenvalue weighted by Crippen LogP contribution is -2.56. The molecule has 11 heteroatoms. The molecule has 0 unspecified atom stereocenters. The Hall–Kier alpha value is -2.20. The fourth-order valence-corrected chi connectivity index (χ4v) is 7.58. The normalized spacial score (nSPS) is 20.1. The summed E-state index contributed by atoms with van der Waals surface area (Å²) in [7, 11) is -4.37. The standard InChI is InChI=1S/C24H23ClF5NO3S/c25-16-3-6-18(7-4-16)35(33,34)23(19-15-17(26)5-8-20(19)27)11-13-31(14-12-23)21(32)22(24(28,29)30)9-1-2-10-22/h3-8,15H,1-2,9-14H2. The van der Waals surface area contributed by atoms with Crippen LogP contribution in [0.15, 0.2) is 47.4 Å². The van der Waals surface area contributed by atoms with Gasteiger partial charge in [-0.3, -0.25) is 4.79 Å². The van der Waals surface area contributed by atoms with E-state index in [0.29, 0.717) is 0 Å². The van der Waals surface area contributed by atoms with E-state index >= 15 is 0 Å². The molecule has 190 valence electrons. The minimum atomic E-state index is -4.74. The second-order valence-corrected chi connectivity index (χ2v) is 11.9. The van der Waals surface area contributed by atoms with E-state index in [1.165, 1.54) is 24.3 Å². The zero-order valence-corrected chi connectivity index (χ0v) is 20.1. The van der Waals surface area contributed by atoms with Crippen LogP contribution < -0.4 is 0 Å². The zero-order chi connectivity index (χ0) is 25.6. The number of amides is 1. The maximum atomic E-state index is 14.9. The molecule has 1 aliphatic heterocycles. The van der Waals surface area contributed by atoms with Gasteiger partial charge in [-0.2, -0.15) is 13.2 Å². The molecule has 0 bridgehead atoms. The molecule has 1 saturated carbocycles. The van der Waals surface area contributed by atoms with Gasteiger partial charge >= 0.3 is 6.18 Å². The Morgan fingerprint density at radius 1 is 0.914 bits per heavy atom. The molecule has 4 rings (SSSR count). The van der Waals surface area contributed by atoms with E-state index < -0.39 is 62.1 Å². The van der Waals surface area contributed by atoms with Crippen LogP contribution in [0.25, 0.3) is 0 Å². The van der Waals surface area contributed by atoms with Gasteiger partial charge in [-0.1, -0.05) is 24.4 Å². The van der Waals surface area contributed by atoms with Crippen LogP contribution in [0.2, 0.25) is 5.02 Å². The predicted molar refractivity (Wildman–Crippen MR) is 119 cm³/mol. The molecule has 1 aliphatic carbocycles. The van der Waals surface area contributed by atoms with Gasteiger partial charge in [0, 0.05) is 23.7 Å². The maximum Gasteiger partial charge on any atom is 0.403 e. The molecule has 0 N–H and O–H groups in total. The van der Waals surface area contributed by atoms with Crippen molar-refractivity contribution in [3.63, 3.8) is 0 Å². The summed E-state index contributed by atoms with van der Waals surface area (Å²) >= 11 is 5.87. The van der Waals surface area contributed by atoms with Gasteiger partial charge in [0.15, 0.2) is 9.84 Å². The predicted octanol–water partition coefficient (Wildman–Crippen LogP) is 6.03. The van der Waals surface area contributed by atoms with Crippen molar-refractivity contribution < 1.29 is 35.2 Å². The van der Waals surface area contributed by atoms with Crippen LogP contribution in [-0.2, 0) is 19.4 Å². The van der Waals surface area contributed by atoms with E-state index in [9.17, 15) is 35.2 Å². The van der Waals surface area contributed by atoms with Crippen molar-refractivity contribution in [2.45, 2.75) is 54.3 Å². The first kappa shape index (κ1) is 25.9. The van der Waals surface area contributed by atoms with Crippen molar-refractivity contribution in [3.05, 3.63) is 64.7 Å². The molecule has 2 aromatic rings. The third kappa shape index (κ3) is 4.22. The first-order valence-corrected chi connectivity index (χ1v) is 13.0. The van der Waals surface area contributed by atoms with Crippen molar-refractivity contribution in [2.75, 3.05) is 13.1 Å². The quantitative estimate of drug-likeness (QED) is 0.449. The van der Waals surface area contributed by atoms with Gasteiger partial charge in [0.1, 0.15) is 21.8 Å². The Bertz CT molecular complexity index is 1220. The molecule has 1 amide bonds. The molecular formula is C24H23ClF5NO3S. The number of carbonyl (C=O) groups excluding carboxylic acids is 1. The third-order valence-corrected chi connectivity index (χ3v) is 10.1. The highest BCUT2D eigenvalue weighted by atomic mass is 35.5. The Kier molecular flexibility index (Phi) is 6.68. The largest absolute Gasteiger partial charge is 0.403 e. The highest BCUT2D eigenvalue weighted by Gasteiger charge is 2.63. The Labute approximate surface area is 205 Å². The molecule has 35 heavy (non-hydrogen) atoms. The van der Waals surface area contributed by atoms with Gasteiger partial charge in [0.05, 0.1) is 4.90 Å². The minimum Gasteiger partial charge on any atom is -0.342 e. The molecule has 2 fully saturated rings. The average molecular weight is 536 g/mol. The Morgan fingerprint density at radius 2 is 1.49 bits per heavy atom. The highest BCUT2D eigenvalue weighted by Crippen LogP contribution is 2.53. The summed E-state index contributed by atoms with van der Waals surface area (Å²) in [4.78, 5) is 13.9. The number of rotatable bonds is 4. The molecule has 1 saturated heterocycles. The summed E-state index contributed by atoms with van der Waals surface area (Å²) in [5, 5.41) is 0.268. The number of halogens is 6. The lowest BCUT2D eigenvalue weighted by molar-refractivity contribution is -0.226. The number of hydrogen-bond donors (Lipinski definition) is 0. The van der Waals surface area contributed by atoms with Crippen LogP contribution >= 0.6 is 11.6 Å². The van der Waals surface area contributed by atoms with E-state index in [4.69, 9.17) is 11.6 Å². The number of alkyl halides is 3. The number of sulfone groups is 1. The van der Waals surface area contributed by atoms with Crippen LogP contribution in [0, 0.1) is 17.0 Å². The van der Waals surface area contributed by atoms with Gasteiger partial charge in [-0.15, -0.1) is 0 Å². The summed E-state index contributed by atoms with van der Waals surface area (Å²) in [6.07, 6.45) is -5.63. The molecule has 2 aromatic carbocycles. The number of nitrogens with zero attached hydrogens (tertiary/aromatic N) is 1. The summed E-state index contributed by atoms with van der Waals surface area (Å²) in [5.74, 6) is -2.89. The molecule has 0 aromatic heterocycles. The van der Waals surface area contributed by atoms with Crippen molar-refractivity contribution in [1.29, 1.82) is 0 Å². The minimum absolute atomic E-state index is 0.187. The number of hydrogen-bond acceptors (Lipinski definition) is 3. The van der Waals surface area contributed by atoms with E-state index in [0.717, 1.165) is 23.1 Å². The van der Waals surface area contributed by atoms with Gasteiger partial charge in [0.25, 0.3) is 0 Å². The summed E-state index contributed by atoms with van der Waals surface area (Å²) in [6, 6.07) is 7.64. The molecule has 2 aliphatic rings. The second-order valence-electron chi connectivity index (χ2n) is 9.15. The molecular weight excluding hydrogens is 513 g/mol. The number of benzene rings is 2. The number of likely N-dealkylation sites (tertiary alicyclic amines) is 1. The average Bonchev–Trinajstić information content (AvgIpc) is 3.32. The van der Waals surface area contributed by atoms with Crippen molar-refractivity contribution in [3.8, 4) is 0 Å². The van der Waals surface area contributed by atoms with Crippen LogP contribution in [-0.4, -0.2) is 38.5 Å². The smallest absolute Gasteiger partial charge is 0.342 e. The van der Waals surface area contributed by atoms with E-state index in [1.807, 2.05) is 0 Å². The molecule has 0 radical (unpaired) electrons. The fraction of sp³-hybridized carbons (Fsp3) is 0.458. The monoisotopic (exact) mass is 535 g/mol. The van der Waals surface area contributed by atoms with E-state index in [-0.39, 0.29) is 48.7 Å². The van der Waals surface area contributed by atoms with Crippen LogP contribution in [0.1, 0.15) is 44.1 Å². The van der Waals surface area contributed by atoms with Crippen molar-refractivity contribution >= 4 is 27.3 Å². The van der Waals surface area contributed by atoms with E-state index in [2.05, 4.69) is 0 Å². The summed E-state index contributed by atoms with van der Waals surface area (Å²) in [6.45, 7) is -0.696. The molecule has 0 spiro atoms. The van der Waals surface area contributed by atoms with Crippen molar-refractivity contribution in [1.82, 2.24) is 4.90 Å². The molecule has 4 nitrogen and oxygen atoms in total. The SMILES string of the molecule is O=C(N1CCC(c2cc(F)ccc2F)(S(=O)(=O)c2ccc(Cl)cc2)CC1)C1(C(F)(F)F)CCCC1. The second kappa shape index (κ2) is 9.03. The van der Waals surface area contributed by atoms with Gasteiger partial charge in [-0.05, 0) is 68.1 Å². The highest BCUT2D eigenvalue weighted by molar-refractivity contribution is 7.92. The Balaban J connectivity index is 1.75. The van der Waals surface area contributed by atoms with Gasteiger partial charge < -0.3 is 4.90 Å². The van der Waals surface area contributed by atoms with Crippen molar-refractivity contribution in [2.24, 2.45) is 5.41 Å². The topological polar surface area (TPSA) is 54.5 Å². The summed E-state index contributed by atoms with van der Waals surface area (Å²) in [5.41, 5.74) is -2.91. The number of piperidine rings is 1. The number of carbonyl (C=O) groups is 1. The first-order valence-electron chi connectivity index (χ1n) is 11.2. The first-order chi connectivity index (χ1) is 16.3. The molecule has 0 atom stereocenters.